The van der Waals surface area contributed by atoms with Gasteiger partial charge in [0.15, 0.2) is 5.78 Å². The molecule has 29 heavy (non-hydrogen) atoms. The predicted octanol–water partition coefficient (Wildman–Crippen LogP) is 4.07. The van der Waals surface area contributed by atoms with Crippen LogP contribution in [0.5, 0.6) is 0 Å². The van der Waals surface area contributed by atoms with Crippen molar-refractivity contribution in [1.82, 2.24) is 4.98 Å². The Bertz CT molecular complexity index is 1060. The highest BCUT2D eigenvalue weighted by Gasteiger charge is 2.10. The third-order valence-electron chi connectivity index (χ3n) is 4.13. The van der Waals surface area contributed by atoms with Crippen molar-refractivity contribution in [1.29, 1.82) is 0 Å². The van der Waals surface area contributed by atoms with Crippen LogP contribution in [0.15, 0.2) is 66.9 Å². The number of aromatic nitrogens is 1. The summed E-state index contributed by atoms with van der Waals surface area (Å²) in [5, 5.41) is 5.85. The number of esters is 1. The van der Waals surface area contributed by atoms with Crippen molar-refractivity contribution in [3.05, 3.63) is 83.6 Å². The van der Waals surface area contributed by atoms with Crippen LogP contribution < -0.4 is 10.6 Å². The van der Waals surface area contributed by atoms with Gasteiger partial charge in [0.2, 0.25) is 0 Å². The van der Waals surface area contributed by atoms with Crippen LogP contribution in [0.4, 0.5) is 17.2 Å². The fraction of sp³-hybridized carbons (Fsp3) is 0.0909. The first-order chi connectivity index (χ1) is 14.0. The third-order valence-corrected chi connectivity index (χ3v) is 4.13. The van der Waals surface area contributed by atoms with Gasteiger partial charge in [0, 0.05) is 28.7 Å². The summed E-state index contributed by atoms with van der Waals surface area (Å²) >= 11 is 0. The van der Waals surface area contributed by atoms with Gasteiger partial charge in [0.1, 0.15) is 5.82 Å². The number of Topliss-reactive ketones (excluding diaryl/α,β-unsaturated/α-hetero) is 1. The maximum atomic E-state index is 12.6. The molecule has 0 fully saturated rings. The average Bonchev–Trinajstić information content (AvgIpc) is 2.74. The second kappa shape index (κ2) is 8.79. The van der Waals surface area contributed by atoms with Crippen LogP contribution in [-0.4, -0.2) is 29.8 Å². The summed E-state index contributed by atoms with van der Waals surface area (Å²) in [6, 6.07) is 16.7. The Labute approximate surface area is 167 Å². The van der Waals surface area contributed by atoms with Crippen LogP contribution in [0.3, 0.4) is 0 Å². The van der Waals surface area contributed by atoms with Crippen molar-refractivity contribution >= 4 is 34.9 Å². The molecule has 7 nitrogen and oxygen atoms in total. The van der Waals surface area contributed by atoms with Crippen molar-refractivity contribution in [2.24, 2.45) is 0 Å². The molecule has 0 aliphatic carbocycles. The van der Waals surface area contributed by atoms with Crippen molar-refractivity contribution in [3.63, 3.8) is 0 Å². The topological polar surface area (TPSA) is 97.4 Å². The zero-order chi connectivity index (χ0) is 20.8. The van der Waals surface area contributed by atoms with Gasteiger partial charge in [-0.3, -0.25) is 9.59 Å². The van der Waals surface area contributed by atoms with Gasteiger partial charge in [-0.25, -0.2) is 9.78 Å². The molecule has 1 amide bonds. The van der Waals surface area contributed by atoms with Gasteiger partial charge in [-0.2, -0.15) is 0 Å². The first-order valence-electron chi connectivity index (χ1n) is 8.80. The number of nitrogens with one attached hydrogen (secondary N) is 2. The zero-order valence-electron chi connectivity index (χ0n) is 15.9. The molecule has 0 spiro atoms. The summed E-state index contributed by atoms with van der Waals surface area (Å²) in [4.78, 5) is 39.8. The van der Waals surface area contributed by atoms with Gasteiger partial charge in [-0.15, -0.1) is 0 Å². The minimum absolute atomic E-state index is 0.00962. The van der Waals surface area contributed by atoms with Crippen LogP contribution in [0.25, 0.3) is 0 Å². The standard InChI is InChI=1S/C22H19N3O4/c1-14(26)15-6-8-18(9-7-15)24-20-13-16(10-11-23-20)21(27)25-19-5-3-4-17(12-19)22(28)29-2/h3-13H,1-2H3,(H,23,24)(H,25,27). The summed E-state index contributed by atoms with van der Waals surface area (Å²) in [6.07, 6.45) is 1.52. The van der Waals surface area contributed by atoms with Crippen LogP contribution in [0, 0.1) is 0 Å². The SMILES string of the molecule is COC(=O)c1cccc(NC(=O)c2ccnc(Nc3ccc(C(C)=O)cc3)c2)c1. The number of nitrogens with zero attached hydrogens (tertiary/aromatic N) is 1. The van der Waals surface area contributed by atoms with E-state index in [0.29, 0.717) is 28.2 Å². The van der Waals surface area contributed by atoms with Gasteiger partial charge < -0.3 is 15.4 Å². The molecule has 0 saturated carbocycles. The lowest BCUT2D eigenvalue weighted by atomic mass is 10.1. The first kappa shape index (κ1) is 19.8. The number of hydrogen-bond donors (Lipinski definition) is 2. The minimum atomic E-state index is -0.479. The highest BCUT2D eigenvalue weighted by Crippen LogP contribution is 2.18. The largest absolute Gasteiger partial charge is 0.465 e. The van der Waals surface area contributed by atoms with E-state index in [4.69, 9.17) is 0 Å². The van der Waals surface area contributed by atoms with E-state index in [0.717, 1.165) is 5.69 Å². The number of amides is 1. The number of methoxy groups -OCH3 is 1. The molecule has 2 aromatic carbocycles. The summed E-state index contributed by atoms with van der Waals surface area (Å²) in [6.45, 7) is 1.51. The first-order valence-corrected chi connectivity index (χ1v) is 8.80. The molecule has 0 radical (unpaired) electrons. The van der Waals surface area contributed by atoms with Crippen molar-refractivity contribution < 1.29 is 19.1 Å². The van der Waals surface area contributed by atoms with Gasteiger partial charge >= 0.3 is 5.97 Å². The Kier molecular flexibility index (Phi) is 5.99. The number of pyridine rings is 1. The molecule has 0 atom stereocenters. The maximum Gasteiger partial charge on any atom is 0.337 e. The number of ether oxygens (including phenoxy) is 1. The van der Waals surface area contributed by atoms with Crippen LogP contribution in [0.1, 0.15) is 38.0 Å². The lowest BCUT2D eigenvalue weighted by Gasteiger charge is -2.09. The van der Waals surface area contributed by atoms with E-state index in [1.807, 2.05) is 0 Å². The molecule has 0 bridgehead atoms. The molecule has 0 aliphatic heterocycles. The maximum absolute atomic E-state index is 12.6. The lowest BCUT2D eigenvalue weighted by molar-refractivity contribution is 0.0600. The van der Waals surface area contributed by atoms with Gasteiger partial charge in [0.05, 0.1) is 12.7 Å². The Morgan fingerprint density at radius 2 is 1.62 bits per heavy atom. The van der Waals surface area contributed by atoms with Crippen LogP contribution in [0.2, 0.25) is 0 Å². The summed E-state index contributed by atoms with van der Waals surface area (Å²) in [7, 11) is 1.30. The minimum Gasteiger partial charge on any atom is -0.465 e. The quantitative estimate of drug-likeness (QED) is 0.487. The molecule has 146 valence electrons. The van der Waals surface area contributed by atoms with E-state index in [1.165, 1.54) is 20.2 Å². The van der Waals surface area contributed by atoms with E-state index < -0.39 is 5.97 Å². The van der Waals surface area contributed by atoms with Crippen molar-refractivity contribution in [3.8, 4) is 0 Å². The number of ketones is 1. The normalized spacial score (nSPS) is 10.1. The Morgan fingerprint density at radius 3 is 2.31 bits per heavy atom. The summed E-state index contributed by atoms with van der Waals surface area (Å²) in [5.41, 5.74) is 2.57. The van der Waals surface area contributed by atoms with E-state index in [9.17, 15) is 14.4 Å². The molecule has 1 heterocycles. The smallest absolute Gasteiger partial charge is 0.337 e. The fourth-order valence-corrected chi connectivity index (χ4v) is 2.62. The van der Waals surface area contributed by atoms with Crippen LogP contribution in [-0.2, 0) is 4.74 Å². The molecular formula is C22H19N3O4. The van der Waals surface area contributed by atoms with Crippen LogP contribution >= 0.6 is 0 Å². The molecule has 0 saturated heterocycles. The highest BCUT2D eigenvalue weighted by molar-refractivity contribution is 6.05. The number of rotatable bonds is 6. The van der Waals surface area contributed by atoms with E-state index in [2.05, 4.69) is 20.4 Å². The molecular weight excluding hydrogens is 370 g/mol. The Balaban J connectivity index is 1.72. The number of carbonyl (C=O) groups is 3. The average molecular weight is 389 g/mol. The molecule has 3 rings (SSSR count). The van der Waals surface area contributed by atoms with Gasteiger partial charge in [-0.1, -0.05) is 6.07 Å². The third kappa shape index (κ3) is 5.04. The number of hydrogen-bond acceptors (Lipinski definition) is 6. The van der Waals surface area contributed by atoms with E-state index in [-0.39, 0.29) is 11.7 Å². The van der Waals surface area contributed by atoms with E-state index >= 15 is 0 Å². The second-order valence-corrected chi connectivity index (χ2v) is 6.21. The highest BCUT2D eigenvalue weighted by atomic mass is 16.5. The van der Waals surface area contributed by atoms with E-state index in [1.54, 1.807) is 60.7 Å². The summed E-state index contributed by atoms with van der Waals surface area (Å²) in [5.74, 6) is -0.349. The zero-order valence-corrected chi connectivity index (χ0v) is 15.9. The Hall–Kier alpha value is -4.00. The number of anilines is 3. The van der Waals surface area contributed by atoms with Crippen molar-refractivity contribution in [2.75, 3.05) is 17.7 Å². The monoisotopic (exact) mass is 389 g/mol. The molecule has 2 N–H and O–H groups in total. The molecule has 1 aromatic heterocycles. The molecule has 0 aliphatic rings. The molecule has 0 unspecified atom stereocenters. The number of benzene rings is 2. The van der Waals surface area contributed by atoms with Gasteiger partial charge in [0.25, 0.3) is 5.91 Å². The second-order valence-electron chi connectivity index (χ2n) is 6.21. The van der Waals surface area contributed by atoms with Crippen molar-refractivity contribution in [2.45, 2.75) is 6.92 Å². The Morgan fingerprint density at radius 1 is 0.862 bits per heavy atom. The number of carbonyl (C=O) groups excluding carboxylic acids is 3. The molecule has 3 aromatic rings. The molecule has 7 heteroatoms. The van der Waals surface area contributed by atoms with Gasteiger partial charge in [-0.05, 0) is 61.5 Å². The predicted molar refractivity (Wildman–Crippen MR) is 110 cm³/mol. The fourth-order valence-electron chi connectivity index (χ4n) is 2.62. The lowest BCUT2D eigenvalue weighted by Crippen LogP contribution is -2.13. The summed E-state index contributed by atoms with van der Waals surface area (Å²) < 4.78 is 4.69.